The van der Waals surface area contributed by atoms with Gasteiger partial charge in [0.1, 0.15) is 12.2 Å². The zero-order chi connectivity index (χ0) is 13.7. The average Bonchev–Trinajstić information content (AvgIpc) is 2.87. The number of imide groups is 2. The van der Waals surface area contributed by atoms with Crippen LogP contribution >= 0.6 is 0 Å². The van der Waals surface area contributed by atoms with Crippen molar-refractivity contribution in [3.05, 3.63) is 0 Å². The van der Waals surface area contributed by atoms with E-state index in [0.717, 1.165) is 9.80 Å². The van der Waals surface area contributed by atoms with Gasteiger partial charge in [0.05, 0.1) is 0 Å². The second kappa shape index (κ2) is 11.1. The average molecular weight is 358 g/mol. The molecular formula is C10H16N2O8Zn. The van der Waals surface area contributed by atoms with Gasteiger partial charge < -0.3 is 30.8 Å². The Kier molecular flexibility index (Phi) is 12.9. The van der Waals surface area contributed by atoms with Crippen molar-refractivity contribution in [1.82, 2.24) is 9.80 Å². The molecule has 0 bridgehead atoms. The molecule has 0 spiro atoms. The zero-order valence-corrected chi connectivity index (χ0v) is 14.3. The maximum Gasteiger partial charge on any atom is 2.00 e. The van der Waals surface area contributed by atoms with Crippen LogP contribution in [0.25, 0.3) is 0 Å². The van der Waals surface area contributed by atoms with Crippen LogP contribution in [0, 0.1) is 0 Å². The Morgan fingerprint density at radius 1 is 0.810 bits per heavy atom. The SMILES string of the molecule is O.O.O=C([O-])N1CCCC1=O.O=C([O-])N1CCCC1=O.[Zn+2]. The largest absolute Gasteiger partial charge is 2.00 e. The van der Waals surface area contributed by atoms with Gasteiger partial charge in [0.25, 0.3) is 0 Å². The molecule has 0 aliphatic carbocycles. The molecule has 0 aromatic carbocycles. The Morgan fingerprint density at radius 2 is 1.10 bits per heavy atom. The van der Waals surface area contributed by atoms with Gasteiger partial charge in [0.2, 0.25) is 11.8 Å². The molecule has 2 heterocycles. The topological polar surface area (TPSA) is 184 Å². The number of carbonyl (C=O) groups excluding carboxylic acids is 4. The molecule has 2 rings (SSSR count). The number of amides is 4. The van der Waals surface area contributed by atoms with E-state index in [-0.39, 0.29) is 42.2 Å². The molecule has 2 saturated heterocycles. The quantitative estimate of drug-likeness (QED) is 0.401. The van der Waals surface area contributed by atoms with Gasteiger partial charge in [-0.2, -0.15) is 0 Å². The summed E-state index contributed by atoms with van der Waals surface area (Å²) < 4.78 is 0. The van der Waals surface area contributed by atoms with Gasteiger partial charge in [-0.15, -0.1) is 0 Å². The van der Waals surface area contributed by atoms with Crippen LogP contribution in [-0.2, 0) is 29.1 Å². The first-order valence-corrected chi connectivity index (χ1v) is 5.46. The minimum Gasteiger partial charge on any atom is -0.530 e. The fourth-order valence-electron chi connectivity index (χ4n) is 1.68. The minimum atomic E-state index is -1.38. The number of hydrogen-bond acceptors (Lipinski definition) is 6. The number of rotatable bonds is 0. The first-order chi connectivity index (χ1) is 8.43. The number of likely N-dealkylation sites (tertiary alicyclic amines) is 2. The van der Waals surface area contributed by atoms with E-state index < -0.39 is 12.2 Å². The molecule has 2 aliphatic heterocycles. The summed E-state index contributed by atoms with van der Waals surface area (Å²) in [5.41, 5.74) is 0. The molecule has 21 heavy (non-hydrogen) atoms. The number of hydrogen-bond donors (Lipinski definition) is 0. The Bertz CT molecular complexity index is 353. The maximum absolute atomic E-state index is 10.5. The van der Waals surface area contributed by atoms with Crippen molar-refractivity contribution in [1.29, 1.82) is 0 Å². The van der Waals surface area contributed by atoms with Crippen molar-refractivity contribution in [2.24, 2.45) is 0 Å². The maximum atomic E-state index is 10.5. The normalized spacial score (nSPS) is 16.0. The molecular weight excluding hydrogens is 342 g/mol. The summed E-state index contributed by atoms with van der Waals surface area (Å²) >= 11 is 0. The van der Waals surface area contributed by atoms with Crippen molar-refractivity contribution in [3.63, 3.8) is 0 Å². The molecule has 11 heteroatoms. The van der Waals surface area contributed by atoms with Gasteiger partial charge in [-0.1, -0.05) is 0 Å². The van der Waals surface area contributed by atoms with Crippen LogP contribution < -0.4 is 10.2 Å². The van der Waals surface area contributed by atoms with Crippen LogP contribution in [0.1, 0.15) is 25.7 Å². The number of nitrogens with zero attached hydrogens (tertiary/aromatic N) is 2. The summed E-state index contributed by atoms with van der Waals surface area (Å²) in [7, 11) is 0. The van der Waals surface area contributed by atoms with Gasteiger partial charge >= 0.3 is 19.5 Å². The predicted octanol–water partition coefficient (Wildman–Crippen LogP) is -3.75. The number of carboxylic acid groups (broad SMARTS) is 2. The summed E-state index contributed by atoms with van der Waals surface area (Å²) in [5.74, 6) is -0.676. The third-order valence-corrected chi connectivity index (χ3v) is 2.59. The molecule has 4 N–H and O–H groups in total. The summed E-state index contributed by atoms with van der Waals surface area (Å²) in [6, 6.07) is 0. The number of carbonyl (C=O) groups is 4. The second-order valence-corrected chi connectivity index (χ2v) is 3.83. The van der Waals surface area contributed by atoms with Gasteiger partial charge in [0, 0.05) is 25.9 Å². The fraction of sp³-hybridized carbons (Fsp3) is 0.600. The molecule has 0 saturated carbocycles. The molecule has 2 aliphatic rings. The van der Waals surface area contributed by atoms with Crippen LogP contribution in [0.5, 0.6) is 0 Å². The molecule has 2 fully saturated rings. The third kappa shape index (κ3) is 7.12. The zero-order valence-electron chi connectivity index (χ0n) is 11.3. The van der Waals surface area contributed by atoms with Gasteiger partial charge in [-0.25, -0.2) is 0 Å². The van der Waals surface area contributed by atoms with Crippen molar-refractivity contribution in [3.8, 4) is 0 Å². The van der Waals surface area contributed by atoms with Crippen LogP contribution in [0.4, 0.5) is 9.59 Å². The summed E-state index contributed by atoms with van der Waals surface area (Å²) in [6.07, 6.45) is -0.809. The van der Waals surface area contributed by atoms with Crippen molar-refractivity contribution in [2.75, 3.05) is 13.1 Å². The smallest absolute Gasteiger partial charge is 0.530 e. The van der Waals surface area contributed by atoms with Crippen LogP contribution in [0.15, 0.2) is 0 Å². The van der Waals surface area contributed by atoms with Crippen LogP contribution in [-0.4, -0.2) is 57.8 Å². The van der Waals surface area contributed by atoms with Crippen molar-refractivity contribution >= 4 is 24.0 Å². The summed E-state index contributed by atoms with van der Waals surface area (Å²) in [5, 5.41) is 20.0. The molecule has 4 amide bonds. The van der Waals surface area contributed by atoms with E-state index in [1.54, 1.807) is 0 Å². The van der Waals surface area contributed by atoms with Crippen LogP contribution in [0.3, 0.4) is 0 Å². The minimum absolute atomic E-state index is 0. The molecule has 0 aromatic heterocycles. The van der Waals surface area contributed by atoms with Crippen LogP contribution in [0.2, 0.25) is 0 Å². The standard InChI is InChI=1S/2C5H7NO3.2H2O.Zn/c2*7-4-2-1-3-6(4)5(8)9;;;/h2*1-3H2,(H,8,9);2*1H2;/q;;;;+2/p-2. The molecule has 0 unspecified atom stereocenters. The molecule has 0 aromatic rings. The molecule has 10 nitrogen and oxygen atoms in total. The van der Waals surface area contributed by atoms with Gasteiger partial charge in [-0.05, 0) is 12.8 Å². The van der Waals surface area contributed by atoms with Crippen molar-refractivity contribution in [2.45, 2.75) is 25.7 Å². The molecule has 0 atom stereocenters. The Morgan fingerprint density at radius 3 is 1.19 bits per heavy atom. The first kappa shape index (κ1) is 24.4. The summed E-state index contributed by atoms with van der Waals surface area (Å²) in [6.45, 7) is 0.613. The van der Waals surface area contributed by atoms with Gasteiger partial charge in [0.15, 0.2) is 0 Å². The Labute approximate surface area is 133 Å². The van der Waals surface area contributed by atoms with E-state index in [1.165, 1.54) is 0 Å². The summed E-state index contributed by atoms with van der Waals surface area (Å²) in [4.78, 5) is 42.5. The Hall–Kier alpha value is -1.58. The van der Waals surface area contributed by atoms with E-state index in [1.807, 2.05) is 0 Å². The van der Waals surface area contributed by atoms with E-state index in [4.69, 9.17) is 0 Å². The molecule has 116 valence electrons. The van der Waals surface area contributed by atoms with Crippen molar-refractivity contribution < 1.29 is 59.8 Å². The fourth-order valence-corrected chi connectivity index (χ4v) is 1.68. The van der Waals surface area contributed by atoms with E-state index >= 15 is 0 Å². The third-order valence-electron chi connectivity index (χ3n) is 2.59. The van der Waals surface area contributed by atoms with E-state index in [2.05, 4.69) is 0 Å². The monoisotopic (exact) mass is 356 g/mol. The van der Waals surface area contributed by atoms with E-state index in [0.29, 0.717) is 38.8 Å². The second-order valence-electron chi connectivity index (χ2n) is 3.83. The predicted molar refractivity (Wildman–Crippen MR) is 59.9 cm³/mol. The first-order valence-electron chi connectivity index (χ1n) is 5.46. The van der Waals surface area contributed by atoms with E-state index in [9.17, 15) is 29.4 Å². The molecule has 0 radical (unpaired) electrons. The van der Waals surface area contributed by atoms with Gasteiger partial charge in [-0.3, -0.25) is 19.4 Å². The Balaban J connectivity index is -0.000000270.